The molecule has 3 aromatic carbocycles. The van der Waals surface area contributed by atoms with Crippen molar-refractivity contribution in [2.45, 2.75) is 23.1 Å². The van der Waals surface area contributed by atoms with Crippen LogP contribution in [0, 0.1) is 6.92 Å². The van der Waals surface area contributed by atoms with Crippen molar-refractivity contribution in [2.75, 3.05) is 9.44 Å². The third-order valence-electron chi connectivity index (χ3n) is 4.09. The summed E-state index contributed by atoms with van der Waals surface area (Å²) in [7, 11) is -8.02. The zero-order valence-electron chi connectivity index (χ0n) is 16.4. The summed E-state index contributed by atoms with van der Waals surface area (Å²) in [5.41, 5.74) is 1.40. The highest BCUT2D eigenvalue weighted by atomic mass is 32.2. The fourth-order valence-corrected chi connectivity index (χ4v) is 4.69. The molecule has 7 nitrogen and oxygen atoms in total. The fraction of sp³-hybridized carbons (Fsp3) is 0.100. The Morgan fingerprint density at radius 3 is 1.44 bits per heavy atom. The molecule has 3 aromatic rings. The second-order valence-corrected chi connectivity index (χ2v) is 9.99. The molecule has 0 saturated heterocycles. The Balaban J connectivity index is 1.72. The van der Waals surface area contributed by atoms with Gasteiger partial charge in [0.25, 0.3) is 20.0 Å². The van der Waals surface area contributed by atoms with Crippen LogP contribution in [-0.2, 0) is 20.0 Å². The van der Waals surface area contributed by atoms with Gasteiger partial charge >= 0.3 is 6.36 Å². The predicted molar refractivity (Wildman–Crippen MR) is 112 cm³/mol. The van der Waals surface area contributed by atoms with E-state index < -0.39 is 32.2 Å². The van der Waals surface area contributed by atoms with E-state index in [1.165, 1.54) is 24.3 Å². The smallest absolute Gasteiger partial charge is 0.406 e. The first-order valence-electron chi connectivity index (χ1n) is 8.92. The highest BCUT2D eigenvalue weighted by Crippen LogP contribution is 2.25. The van der Waals surface area contributed by atoms with Crippen LogP contribution in [0.15, 0.2) is 82.6 Å². The summed E-state index contributed by atoms with van der Waals surface area (Å²) in [5, 5.41) is 0. The van der Waals surface area contributed by atoms with E-state index in [4.69, 9.17) is 0 Å². The van der Waals surface area contributed by atoms with Crippen LogP contribution >= 0.6 is 0 Å². The molecule has 0 fully saturated rings. The van der Waals surface area contributed by atoms with E-state index in [-0.39, 0.29) is 15.5 Å². The predicted octanol–water partition coefficient (Wildman–Crippen LogP) is 4.50. The van der Waals surface area contributed by atoms with Crippen LogP contribution in [0.2, 0.25) is 0 Å². The monoisotopic (exact) mass is 486 g/mol. The zero-order valence-corrected chi connectivity index (χ0v) is 18.1. The van der Waals surface area contributed by atoms with E-state index >= 15 is 0 Å². The number of halogens is 3. The molecule has 0 spiro atoms. The number of alkyl halides is 3. The molecule has 12 heteroatoms. The maximum Gasteiger partial charge on any atom is 0.573 e. The van der Waals surface area contributed by atoms with E-state index in [2.05, 4.69) is 14.2 Å². The molecule has 0 saturated carbocycles. The number of hydrogen-bond acceptors (Lipinski definition) is 5. The lowest BCUT2D eigenvalue weighted by atomic mass is 10.2. The lowest BCUT2D eigenvalue weighted by molar-refractivity contribution is -0.274. The average Bonchev–Trinajstić information content (AvgIpc) is 2.69. The Kier molecular flexibility index (Phi) is 6.37. The van der Waals surface area contributed by atoms with E-state index in [0.717, 1.165) is 29.8 Å². The van der Waals surface area contributed by atoms with Crippen LogP contribution in [0.3, 0.4) is 0 Å². The summed E-state index contributed by atoms with van der Waals surface area (Å²) in [5.74, 6) is -0.563. The molecular weight excluding hydrogens is 469 g/mol. The SMILES string of the molecule is Cc1ccc(NS(=O)(=O)c2ccc(NS(=O)(=O)c3ccc(OC(F)(F)F)cc3)cc2)cc1. The summed E-state index contributed by atoms with van der Waals surface area (Å²) in [6, 6.07) is 15.3. The topological polar surface area (TPSA) is 102 Å². The van der Waals surface area contributed by atoms with Crippen molar-refractivity contribution in [1.82, 2.24) is 0 Å². The maximum atomic E-state index is 12.5. The van der Waals surface area contributed by atoms with Crippen LogP contribution in [-0.4, -0.2) is 23.2 Å². The number of anilines is 2. The second kappa shape index (κ2) is 8.71. The van der Waals surface area contributed by atoms with Gasteiger partial charge in [-0.15, -0.1) is 13.2 Å². The summed E-state index contributed by atoms with van der Waals surface area (Å²) in [4.78, 5) is -0.389. The quantitative estimate of drug-likeness (QED) is 0.512. The molecule has 0 radical (unpaired) electrons. The molecular formula is C20H17F3N2O5S2. The highest BCUT2D eigenvalue weighted by molar-refractivity contribution is 7.93. The van der Waals surface area contributed by atoms with Crippen LogP contribution in [0.5, 0.6) is 5.75 Å². The van der Waals surface area contributed by atoms with Crippen molar-refractivity contribution in [1.29, 1.82) is 0 Å². The van der Waals surface area contributed by atoms with E-state index in [1.54, 1.807) is 24.3 Å². The number of benzene rings is 3. The third kappa shape index (κ3) is 6.14. The third-order valence-corrected chi connectivity index (χ3v) is 6.88. The van der Waals surface area contributed by atoms with Gasteiger partial charge < -0.3 is 4.74 Å². The Bertz CT molecular complexity index is 1290. The normalized spacial score (nSPS) is 12.2. The fourth-order valence-electron chi connectivity index (χ4n) is 2.57. The minimum Gasteiger partial charge on any atom is -0.406 e. The molecule has 2 N–H and O–H groups in total. The molecule has 0 aliphatic rings. The van der Waals surface area contributed by atoms with Crippen LogP contribution in [0.4, 0.5) is 24.5 Å². The van der Waals surface area contributed by atoms with E-state index in [0.29, 0.717) is 5.69 Å². The summed E-state index contributed by atoms with van der Waals surface area (Å²) in [6.07, 6.45) is -4.89. The van der Waals surface area contributed by atoms with Gasteiger partial charge in [-0.1, -0.05) is 17.7 Å². The molecule has 0 atom stereocenters. The lowest BCUT2D eigenvalue weighted by Gasteiger charge is -2.12. The van der Waals surface area contributed by atoms with Crippen molar-refractivity contribution in [3.05, 3.63) is 78.4 Å². The Hall–Kier alpha value is -3.25. The number of sulfonamides is 2. The molecule has 0 aliphatic heterocycles. The van der Waals surface area contributed by atoms with Gasteiger partial charge in [-0.3, -0.25) is 9.44 Å². The van der Waals surface area contributed by atoms with Crippen molar-refractivity contribution < 1.29 is 34.7 Å². The Morgan fingerprint density at radius 2 is 1.03 bits per heavy atom. The number of aryl methyl sites for hydroxylation is 1. The molecule has 3 rings (SSSR count). The number of nitrogens with one attached hydrogen (secondary N) is 2. The zero-order chi connectivity index (χ0) is 23.6. The van der Waals surface area contributed by atoms with Crippen LogP contribution in [0.25, 0.3) is 0 Å². The van der Waals surface area contributed by atoms with Crippen molar-refractivity contribution >= 4 is 31.4 Å². The van der Waals surface area contributed by atoms with E-state index in [1.807, 2.05) is 6.92 Å². The van der Waals surface area contributed by atoms with Gasteiger partial charge in [0, 0.05) is 11.4 Å². The largest absolute Gasteiger partial charge is 0.573 e. The Morgan fingerprint density at radius 1 is 0.656 bits per heavy atom. The first-order valence-corrected chi connectivity index (χ1v) is 11.9. The van der Waals surface area contributed by atoms with Gasteiger partial charge in [0.2, 0.25) is 0 Å². The van der Waals surface area contributed by atoms with Crippen molar-refractivity contribution in [2.24, 2.45) is 0 Å². The number of rotatable bonds is 7. The molecule has 170 valence electrons. The number of ether oxygens (including phenoxy) is 1. The molecule has 0 unspecified atom stereocenters. The summed E-state index contributed by atoms with van der Waals surface area (Å²) >= 11 is 0. The molecule has 32 heavy (non-hydrogen) atoms. The standard InChI is InChI=1S/C20H17F3N2O5S2/c1-14-2-4-15(5-3-14)24-31(26,27)18-10-6-16(7-11-18)25-32(28,29)19-12-8-17(9-13-19)30-20(21,22)23/h2-13,24-25H,1H3. The first kappa shape index (κ1) is 23.4. The molecule has 0 aliphatic carbocycles. The second-order valence-electron chi connectivity index (χ2n) is 6.62. The minimum atomic E-state index is -4.89. The van der Waals surface area contributed by atoms with Crippen molar-refractivity contribution in [3.63, 3.8) is 0 Å². The van der Waals surface area contributed by atoms with Crippen LogP contribution < -0.4 is 14.2 Å². The van der Waals surface area contributed by atoms with Gasteiger partial charge in [0.15, 0.2) is 0 Å². The van der Waals surface area contributed by atoms with Gasteiger partial charge in [-0.05, 0) is 67.6 Å². The highest BCUT2D eigenvalue weighted by Gasteiger charge is 2.31. The average molecular weight is 486 g/mol. The summed E-state index contributed by atoms with van der Waals surface area (Å²) < 4.78 is 94.9. The van der Waals surface area contributed by atoms with Gasteiger partial charge in [0.05, 0.1) is 9.79 Å². The molecule has 0 bridgehead atoms. The van der Waals surface area contributed by atoms with E-state index in [9.17, 15) is 30.0 Å². The molecule has 0 heterocycles. The van der Waals surface area contributed by atoms with Crippen molar-refractivity contribution in [3.8, 4) is 5.75 Å². The maximum absolute atomic E-state index is 12.5. The number of hydrogen-bond donors (Lipinski definition) is 2. The lowest BCUT2D eigenvalue weighted by Crippen LogP contribution is -2.17. The summed E-state index contributed by atoms with van der Waals surface area (Å²) in [6.45, 7) is 1.86. The van der Waals surface area contributed by atoms with Crippen LogP contribution in [0.1, 0.15) is 5.56 Å². The first-order chi connectivity index (χ1) is 14.8. The van der Waals surface area contributed by atoms with Gasteiger partial charge in [-0.2, -0.15) is 0 Å². The minimum absolute atomic E-state index is 0.0647. The Labute approximate surface area is 183 Å². The van der Waals surface area contributed by atoms with Gasteiger partial charge in [-0.25, -0.2) is 16.8 Å². The molecule has 0 amide bonds. The van der Waals surface area contributed by atoms with Gasteiger partial charge in [0.1, 0.15) is 5.75 Å². The molecule has 0 aromatic heterocycles.